The second-order valence-corrected chi connectivity index (χ2v) is 5.52. The molecule has 6 heteroatoms. The molecule has 0 aliphatic heterocycles. The molecule has 128 valence electrons. The molecule has 0 aliphatic carbocycles. The number of aromatic nitrogens is 1. The number of ketones is 1. The van der Waals surface area contributed by atoms with E-state index in [0.29, 0.717) is 17.0 Å². The van der Waals surface area contributed by atoms with E-state index in [1.54, 1.807) is 6.92 Å². The molecule has 0 saturated carbocycles. The summed E-state index contributed by atoms with van der Waals surface area (Å²) in [5, 5.41) is 0.761. The van der Waals surface area contributed by atoms with Crippen molar-refractivity contribution in [1.29, 1.82) is 0 Å². The van der Waals surface area contributed by atoms with Crippen LogP contribution in [0.4, 0.5) is 4.39 Å². The molecular formula is C19H16FNO4. The smallest absolute Gasteiger partial charge is 0.341 e. The summed E-state index contributed by atoms with van der Waals surface area (Å²) in [6, 6.07) is 11.2. The van der Waals surface area contributed by atoms with Gasteiger partial charge >= 0.3 is 5.97 Å². The lowest BCUT2D eigenvalue weighted by Gasteiger charge is -2.07. The number of hydrogen-bond acceptors (Lipinski definition) is 4. The van der Waals surface area contributed by atoms with Crippen molar-refractivity contribution in [3.63, 3.8) is 0 Å². The lowest BCUT2D eigenvalue weighted by molar-refractivity contribution is 0.0470. The average Bonchev–Trinajstić information content (AvgIpc) is 2.95. The van der Waals surface area contributed by atoms with Crippen molar-refractivity contribution in [3.05, 3.63) is 65.1 Å². The van der Waals surface area contributed by atoms with Crippen LogP contribution in [0.1, 0.15) is 26.4 Å². The van der Waals surface area contributed by atoms with E-state index < -0.39 is 18.4 Å². The SMILES string of the molecule is COc1ccc(C(=O)OCC(=O)c2c(C)[nH]c3ccccc23)c(F)c1. The van der Waals surface area contributed by atoms with Gasteiger partial charge in [0.05, 0.1) is 12.7 Å². The number of para-hydroxylation sites is 1. The summed E-state index contributed by atoms with van der Waals surface area (Å²) in [6.07, 6.45) is 0. The molecule has 0 atom stereocenters. The second kappa shape index (κ2) is 6.76. The topological polar surface area (TPSA) is 68.4 Å². The number of hydrogen-bond donors (Lipinski definition) is 1. The van der Waals surface area contributed by atoms with Crippen LogP contribution >= 0.6 is 0 Å². The highest BCUT2D eigenvalue weighted by Crippen LogP contribution is 2.23. The number of benzene rings is 2. The van der Waals surface area contributed by atoms with Crippen LogP contribution in [0.2, 0.25) is 0 Å². The molecule has 25 heavy (non-hydrogen) atoms. The Morgan fingerprint density at radius 1 is 1.16 bits per heavy atom. The maximum atomic E-state index is 13.9. The highest BCUT2D eigenvalue weighted by Gasteiger charge is 2.19. The minimum Gasteiger partial charge on any atom is -0.497 e. The van der Waals surface area contributed by atoms with Gasteiger partial charge in [-0.3, -0.25) is 4.79 Å². The average molecular weight is 341 g/mol. The fourth-order valence-corrected chi connectivity index (χ4v) is 2.71. The number of fused-ring (bicyclic) bond motifs is 1. The minimum atomic E-state index is -0.897. The molecule has 1 aromatic heterocycles. The lowest BCUT2D eigenvalue weighted by Crippen LogP contribution is -2.15. The van der Waals surface area contributed by atoms with Gasteiger partial charge in [-0.25, -0.2) is 9.18 Å². The summed E-state index contributed by atoms with van der Waals surface area (Å²) in [5.74, 6) is -1.72. The zero-order valence-electron chi connectivity index (χ0n) is 13.8. The Morgan fingerprint density at radius 2 is 1.92 bits per heavy atom. The largest absolute Gasteiger partial charge is 0.497 e. The third-order valence-electron chi connectivity index (χ3n) is 3.90. The van der Waals surface area contributed by atoms with Crippen molar-refractivity contribution in [1.82, 2.24) is 4.98 Å². The molecule has 0 unspecified atom stereocenters. The van der Waals surface area contributed by atoms with Crippen LogP contribution in [-0.2, 0) is 4.74 Å². The van der Waals surface area contributed by atoms with Gasteiger partial charge in [0.2, 0.25) is 5.78 Å². The molecule has 0 aliphatic rings. The second-order valence-electron chi connectivity index (χ2n) is 5.52. The van der Waals surface area contributed by atoms with Gasteiger partial charge in [0.1, 0.15) is 11.6 Å². The minimum absolute atomic E-state index is 0.246. The molecular weight excluding hydrogens is 325 g/mol. The van der Waals surface area contributed by atoms with Gasteiger partial charge in [-0.2, -0.15) is 0 Å². The molecule has 2 aromatic carbocycles. The molecule has 1 N–H and O–H groups in total. The van der Waals surface area contributed by atoms with Gasteiger partial charge in [0.15, 0.2) is 6.61 Å². The monoisotopic (exact) mass is 341 g/mol. The van der Waals surface area contributed by atoms with Crippen LogP contribution in [0.15, 0.2) is 42.5 Å². The number of esters is 1. The zero-order valence-corrected chi connectivity index (χ0v) is 13.8. The molecule has 0 fully saturated rings. The van der Waals surface area contributed by atoms with Gasteiger partial charge in [-0.05, 0) is 25.1 Å². The molecule has 0 bridgehead atoms. The molecule has 0 amide bonds. The van der Waals surface area contributed by atoms with Crippen molar-refractivity contribution in [2.24, 2.45) is 0 Å². The summed E-state index contributed by atoms with van der Waals surface area (Å²) in [5.41, 5.74) is 1.75. The first kappa shape index (κ1) is 16.7. The van der Waals surface area contributed by atoms with Gasteiger partial charge in [-0.15, -0.1) is 0 Å². The highest BCUT2D eigenvalue weighted by molar-refractivity contribution is 6.10. The maximum Gasteiger partial charge on any atom is 0.341 e. The number of rotatable bonds is 5. The summed E-state index contributed by atoms with van der Waals surface area (Å²) in [6.45, 7) is 1.31. The third kappa shape index (κ3) is 3.24. The van der Waals surface area contributed by atoms with E-state index in [2.05, 4.69) is 4.98 Å². The summed E-state index contributed by atoms with van der Waals surface area (Å²) < 4.78 is 23.8. The molecule has 1 heterocycles. The number of aryl methyl sites for hydroxylation is 1. The molecule has 0 saturated heterocycles. The number of H-pyrrole nitrogens is 1. The van der Waals surface area contributed by atoms with E-state index in [0.717, 1.165) is 17.0 Å². The van der Waals surface area contributed by atoms with Crippen LogP contribution in [0.5, 0.6) is 5.75 Å². The number of carbonyl (C=O) groups excluding carboxylic acids is 2. The molecule has 3 rings (SSSR count). The number of carbonyl (C=O) groups is 2. The Hall–Kier alpha value is -3.15. The summed E-state index contributed by atoms with van der Waals surface area (Å²) >= 11 is 0. The van der Waals surface area contributed by atoms with Crippen molar-refractivity contribution in [2.75, 3.05) is 13.7 Å². The van der Waals surface area contributed by atoms with Gasteiger partial charge in [-0.1, -0.05) is 18.2 Å². The van der Waals surface area contributed by atoms with Crippen LogP contribution < -0.4 is 4.74 Å². The first-order valence-corrected chi connectivity index (χ1v) is 7.62. The van der Waals surface area contributed by atoms with Gasteiger partial charge in [0, 0.05) is 28.2 Å². The highest BCUT2D eigenvalue weighted by atomic mass is 19.1. The Kier molecular flexibility index (Phi) is 4.52. The lowest BCUT2D eigenvalue weighted by atomic mass is 10.1. The molecule has 0 radical (unpaired) electrons. The van der Waals surface area contributed by atoms with E-state index in [1.807, 2.05) is 24.3 Å². The first-order chi connectivity index (χ1) is 12.0. The zero-order chi connectivity index (χ0) is 18.0. The fourth-order valence-electron chi connectivity index (χ4n) is 2.71. The maximum absolute atomic E-state index is 13.9. The summed E-state index contributed by atoms with van der Waals surface area (Å²) in [4.78, 5) is 27.6. The van der Waals surface area contributed by atoms with E-state index >= 15 is 0 Å². The predicted octanol–water partition coefficient (Wildman–Crippen LogP) is 3.66. The molecule has 5 nitrogen and oxygen atoms in total. The summed E-state index contributed by atoms with van der Waals surface area (Å²) in [7, 11) is 1.40. The Bertz CT molecular complexity index is 961. The van der Waals surface area contributed by atoms with E-state index in [1.165, 1.54) is 19.2 Å². The van der Waals surface area contributed by atoms with Crippen LogP contribution in [0.3, 0.4) is 0 Å². The Balaban J connectivity index is 1.75. The quantitative estimate of drug-likeness (QED) is 0.568. The Labute approximate surface area is 143 Å². The van der Waals surface area contributed by atoms with Crippen LogP contribution in [0.25, 0.3) is 10.9 Å². The Morgan fingerprint density at radius 3 is 2.64 bits per heavy atom. The number of ether oxygens (including phenoxy) is 2. The van der Waals surface area contributed by atoms with E-state index in [-0.39, 0.29) is 11.3 Å². The normalized spacial score (nSPS) is 10.7. The van der Waals surface area contributed by atoms with Gasteiger partial charge < -0.3 is 14.5 Å². The van der Waals surface area contributed by atoms with Gasteiger partial charge in [0.25, 0.3) is 0 Å². The predicted molar refractivity (Wildman–Crippen MR) is 90.6 cm³/mol. The number of methoxy groups -OCH3 is 1. The third-order valence-corrected chi connectivity index (χ3v) is 3.90. The number of nitrogens with one attached hydrogen (secondary N) is 1. The van der Waals surface area contributed by atoms with Crippen LogP contribution in [-0.4, -0.2) is 30.5 Å². The van der Waals surface area contributed by atoms with Crippen LogP contribution in [0, 0.1) is 12.7 Å². The fraction of sp³-hybridized carbons (Fsp3) is 0.158. The van der Waals surface area contributed by atoms with Crippen molar-refractivity contribution < 1.29 is 23.5 Å². The van der Waals surface area contributed by atoms with E-state index in [9.17, 15) is 14.0 Å². The van der Waals surface area contributed by atoms with Crippen molar-refractivity contribution >= 4 is 22.7 Å². The first-order valence-electron chi connectivity index (χ1n) is 7.62. The number of halogens is 1. The van der Waals surface area contributed by atoms with Crippen molar-refractivity contribution in [3.8, 4) is 5.75 Å². The number of Topliss-reactive ketones (excluding diaryl/α,β-unsaturated/α-hetero) is 1. The standard InChI is InChI=1S/C19H16FNO4/c1-11-18(14-5-3-4-6-16(14)21-11)17(22)10-25-19(23)13-8-7-12(24-2)9-15(13)20/h3-9,21H,10H2,1-2H3. The molecule has 0 spiro atoms. The molecule has 3 aromatic rings. The van der Waals surface area contributed by atoms with E-state index in [4.69, 9.17) is 9.47 Å². The number of aromatic amines is 1. The van der Waals surface area contributed by atoms with Crippen molar-refractivity contribution in [2.45, 2.75) is 6.92 Å².